The minimum Gasteiger partial charge on any atom is -0.461 e. The number of furan rings is 1. The highest BCUT2D eigenvalue weighted by Crippen LogP contribution is 2.11. The molecule has 1 atom stereocenters. The first-order valence-electron chi connectivity index (χ1n) is 5.52. The maximum absolute atomic E-state index is 8.80. The van der Waals surface area contributed by atoms with Gasteiger partial charge >= 0.3 is 0 Å². The fourth-order valence-corrected chi connectivity index (χ4v) is 1.52. The third kappa shape index (κ3) is 4.49. The number of hydrogen-bond acceptors (Lipinski definition) is 3. The molecule has 0 amide bonds. The molecule has 0 saturated heterocycles. The van der Waals surface area contributed by atoms with E-state index in [2.05, 4.69) is 13.8 Å². The predicted octanol–water partition coefficient (Wildman–Crippen LogP) is 2.72. The van der Waals surface area contributed by atoms with E-state index in [1.165, 1.54) is 12.8 Å². The van der Waals surface area contributed by atoms with Crippen LogP contribution in [0.2, 0.25) is 0 Å². The molecular formula is C12H20O3. The Morgan fingerprint density at radius 2 is 2.13 bits per heavy atom. The van der Waals surface area contributed by atoms with Gasteiger partial charge in [0.2, 0.25) is 0 Å². The van der Waals surface area contributed by atoms with Gasteiger partial charge in [0.25, 0.3) is 0 Å². The van der Waals surface area contributed by atoms with Crippen LogP contribution in [0, 0.1) is 5.92 Å². The lowest BCUT2D eigenvalue weighted by atomic mass is 10.1. The van der Waals surface area contributed by atoms with Gasteiger partial charge < -0.3 is 14.3 Å². The Morgan fingerprint density at radius 3 is 2.73 bits per heavy atom. The first-order chi connectivity index (χ1) is 7.26. The summed E-state index contributed by atoms with van der Waals surface area (Å²) in [4.78, 5) is 0. The molecule has 1 heterocycles. The van der Waals surface area contributed by atoms with E-state index >= 15 is 0 Å². The highest BCUT2D eigenvalue weighted by atomic mass is 16.5. The van der Waals surface area contributed by atoms with Crippen molar-refractivity contribution in [2.24, 2.45) is 5.92 Å². The summed E-state index contributed by atoms with van der Waals surface area (Å²) in [6, 6.07) is 3.62. The third-order valence-corrected chi connectivity index (χ3v) is 2.30. The van der Waals surface area contributed by atoms with E-state index in [1.807, 2.05) is 6.07 Å². The van der Waals surface area contributed by atoms with Crippen molar-refractivity contribution in [3.8, 4) is 0 Å². The van der Waals surface area contributed by atoms with Crippen molar-refractivity contribution >= 4 is 0 Å². The Bertz CT molecular complexity index is 268. The van der Waals surface area contributed by atoms with Gasteiger partial charge in [0.1, 0.15) is 24.7 Å². The molecule has 0 bridgehead atoms. The molecule has 1 unspecified atom stereocenters. The van der Waals surface area contributed by atoms with Gasteiger partial charge in [-0.25, -0.2) is 0 Å². The smallest absolute Gasteiger partial charge is 0.129 e. The van der Waals surface area contributed by atoms with Crippen LogP contribution < -0.4 is 0 Å². The minimum atomic E-state index is -0.0494. The van der Waals surface area contributed by atoms with Crippen LogP contribution in [0.4, 0.5) is 0 Å². The quantitative estimate of drug-likeness (QED) is 0.755. The monoisotopic (exact) mass is 212 g/mol. The van der Waals surface area contributed by atoms with E-state index in [4.69, 9.17) is 14.3 Å². The SMILES string of the molecule is CCCC(C)COCc1ccc(CO)o1. The Balaban J connectivity index is 2.19. The molecule has 0 aromatic carbocycles. The highest BCUT2D eigenvalue weighted by Gasteiger charge is 2.03. The van der Waals surface area contributed by atoms with Crippen molar-refractivity contribution in [1.82, 2.24) is 0 Å². The maximum Gasteiger partial charge on any atom is 0.129 e. The summed E-state index contributed by atoms with van der Waals surface area (Å²) in [6.45, 7) is 5.57. The van der Waals surface area contributed by atoms with Crippen LogP contribution in [0.1, 0.15) is 38.2 Å². The van der Waals surface area contributed by atoms with Crippen LogP contribution in [-0.2, 0) is 18.0 Å². The molecule has 1 rings (SSSR count). The summed E-state index contributed by atoms with van der Waals surface area (Å²) < 4.78 is 10.8. The van der Waals surface area contributed by atoms with Gasteiger partial charge in [-0.15, -0.1) is 0 Å². The lowest BCUT2D eigenvalue weighted by molar-refractivity contribution is 0.0758. The first-order valence-corrected chi connectivity index (χ1v) is 5.52. The summed E-state index contributed by atoms with van der Waals surface area (Å²) in [6.07, 6.45) is 2.39. The van der Waals surface area contributed by atoms with Crippen molar-refractivity contribution in [2.45, 2.75) is 39.9 Å². The summed E-state index contributed by atoms with van der Waals surface area (Å²) >= 11 is 0. The second-order valence-corrected chi connectivity index (χ2v) is 3.94. The molecule has 0 aliphatic heterocycles. The molecule has 3 nitrogen and oxygen atoms in total. The minimum absolute atomic E-state index is 0.0494. The average Bonchev–Trinajstić information content (AvgIpc) is 2.66. The number of aliphatic hydroxyl groups is 1. The molecule has 0 aliphatic carbocycles. The zero-order valence-electron chi connectivity index (χ0n) is 9.53. The second-order valence-electron chi connectivity index (χ2n) is 3.94. The van der Waals surface area contributed by atoms with Gasteiger partial charge in [0.05, 0.1) is 0 Å². The molecule has 15 heavy (non-hydrogen) atoms. The van der Waals surface area contributed by atoms with Crippen LogP contribution in [0.25, 0.3) is 0 Å². The predicted molar refractivity (Wildman–Crippen MR) is 58.4 cm³/mol. The van der Waals surface area contributed by atoms with Gasteiger partial charge in [-0.05, 0) is 24.5 Å². The summed E-state index contributed by atoms with van der Waals surface area (Å²) in [7, 11) is 0. The molecule has 86 valence electrons. The van der Waals surface area contributed by atoms with Crippen LogP contribution in [-0.4, -0.2) is 11.7 Å². The Hall–Kier alpha value is -0.800. The summed E-state index contributed by atoms with van der Waals surface area (Å²) in [5.41, 5.74) is 0. The van der Waals surface area contributed by atoms with Crippen molar-refractivity contribution in [3.63, 3.8) is 0 Å². The van der Waals surface area contributed by atoms with E-state index in [1.54, 1.807) is 6.07 Å². The molecule has 1 aromatic heterocycles. The number of rotatable bonds is 7. The molecular weight excluding hydrogens is 192 g/mol. The lowest BCUT2D eigenvalue weighted by Gasteiger charge is -2.09. The van der Waals surface area contributed by atoms with Crippen LogP contribution in [0.3, 0.4) is 0 Å². The Labute approximate surface area is 91.1 Å². The lowest BCUT2D eigenvalue weighted by Crippen LogP contribution is -2.05. The zero-order chi connectivity index (χ0) is 11.1. The normalized spacial score (nSPS) is 13.0. The standard InChI is InChI=1S/C12H20O3/c1-3-4-10(2)8-14-9-12-6-5-11(7-13)15-12/h5-6,10,13H,3-4,7-9H2,1-2H3. The van der Waals surface area contributed by atoms with Crippen molar-refractivity contribution in [3.05, 3.63) is 23.7 Å². The Morgan fingerprint density at radius 1 is 1.40 bits per heavy atom. The van der Waals surface area contributed by atoms with Crippen LogP contribution in [0.15, 0.2) is 16.5 Å². The van der Waals surface area contributed by atoms with Crippen LogP contribution in [0.5, 0.6) is 0 Å². The molecule has 0 aliphatic rings. The molecule has 3 heteroatoms. The van der Waals surface area contributed by atoms with E-state index in [-0.39, 0.29) is 6.61 Å². The van der Waals surface area contributed by atoms with E-state index < -0.39 is 0 Å². The van der Waals surface area contributed by atoms with E-state index in [0.717, 1.165) is 12.4 Å². The number of ether oxygens (including phenoxy) is 1. The molecule has 0 saturated carbocycles. The van der Waals surface area contributed by atoms with Crippen molar-refractivity contribution < 1.29 is 14.3 Å². The fourth-order valence-electron chi connectivity index (χ4n) is 1.52. The van der Waals surface area contributed by atoms with Gasteiger partial charge in [-0.2, -0.15) is 0 Å². The maximum atomic E-state index is 8.80. The highest BCUT2D eigenvalue weighted by molar-refractivity contribution is 5.05. The van der Waals surface area contributed by atoms with E-state index in [9.17, 15) is 0 Å². The molecule has 0 fully saturated rings. The Kier molecular flexibility index (Phi) is 5.43. The van der Waals surface area contributed by atoms with Gasteiger partial charge in [-0.1, -0.05) is 20.3 Å². The summed E-state index contributed by atoms with van der Waals surface area (Å²) in [5, 5.41) is 8.80. The summed E-state index contributed by atoms with van der Waals surface area (Å²) in [5.74, 6) is 1.97. The number of hydrogen-bond donors (Lipinski definition) is 1. The van der Waals surface area contributed by atoms with Gasteiger partial charge in [0, 0.05) is 6.61 Å². The molecule has 1 N–H and O–H groups in total. The topological polar surface area (TPSA) is 42.6 Å². The number of aliphatic hydroxyl groups excluding tert-OH is 1. The molecule has 0 radical (unpaired) electrons. The van der Waals surface area contributed by atoms with Crippen molar-refractivity contribution in [2.75, 3.05) is 6.61 Å². The third-order valence-electron chi connectivity index (χ3n) is 2.30. The van der Waals surface area contributed by atoms with E-state index in [0.29, 0.717) is 18.3 Å². The molecule has 0 spiro atoms. The largest absolute Gasteiger partial charge is 0.461 e. The van der Waals surface area contributed by atoms with Gasteiger partial charge in [-0.3, -0.25) is 0 Å². The zero-order valence-corrected chi connectivity index (χ0v) is 9.53. The fraction of sp³-hybridized carbons (Fsp3) is 0.667. The van der Waals surface area contributed by atoms with Gasteiger partial charge in [0.15, 0.2) is 0 Å². The second kappa shape index (κ2) is 6.64. The van der Waals surface area contributed by atoms with Crippen LogP contribution >= 0.6 is 0 Å². The molecule has 1 aromatic rings. The van der Waals surface area contributed by atoms with Crippen molar-refractivity contribution in [1.29, 1.82) is 0 Å². The average molecular weight is 212 g/mol. The first kappa shape index (κ1) is 12.3.